The highest BCUT2D eigenvalue weighted by molar-refractivity contribution is 6.02. The SMILES string of the molecule is CCCCc1cc(C2=C(C)C(=O)O[C@@H]2c2ccccc2)co1. The zero-order chi connectivity index (χ0) is 15.5. The molecule has 3 nitrogen and oxygen atoms in total. The van der Waals surface area contributed by atoms with E-state index in [-0.39, 0.29) is 12.1 Å². The Morgan fingerprint density at radius 2 is 1.95 bits per heavy atom. The predicted molar refractivity (Wildman–Crippen MR) is 85.2 cm³/mol. The third-order valence-electron chi connectivity index (χ3n) is 4.04. The van der Waals surface area contributed by atoms with Gasteiger partial charge in [0.2, 0.25) is 0 Å². The van der Waals surface area contributed by atoms with E-state index in [4.69, 9.17) is 9.15 Å². The second-order valence-electron chi connectivity index (χ2n) is 5.64. The van der Waals surface area contributed by atoms with E-state index >= 15 is 0 Å². The topological polar surface area (TPSA) is 39.4 Å². The van der Waals surface area contributed by atoms with Gasteiger partial charge in [0.15, 0.2) is 6.10 Å². The molecule has 0 spiro atoms. The van der Waals surface area contributed by atoms with Crippen LogP contribution in [0.4, 0.5) is 0 Å². The van der Waals surface area contributed by atoms with Crippen LogP contribution in [0.3, 0.4) is 0 Å². The first-order valence-electron chi connectivity index (χ1n) is 7.75. The van der Waals surface area contributed by atoms with Gasteiger partial charge in [0.05, 0.1) is 6.26 Å². The molecule has 1 aliphatic rings. The van der Waals surface area contributed by atoms with Gasteiger partial charge in [-0.25, -0.2) is 4.79 Å². The Bertz CT molecular complexity index is 694. The van der Waals surface area contributed by atoms with E-state index in [0.29, 0.717) is 5.57 Å². The summed E-state index contributed by atoms with van der Waals surface area (Å²) in [6.45, 7) is 3.98. The number of unbranched alkanes of at least 4 members (excludes halogenated alkanes) is 1. The van der Waals surface area contributed by atoms with Gasteiger partial charge in [0, 0.05) is 23.1 Å². The fourth-order valence-electron chi connectivity index (χ4n) is 2.80. The number of cyclic esters (lactones) is 1. The lowest BCUT2D eigenvalue weighted by atomic mass is 9.95. The quantitative estimate of drug-likeness (QED) is 0.751. The molecule has 0 fully saturated rings. The van der Waals surface area contributed by atoms with E-state index in [9.17, 15) is 4.79 Å². The number of esters is 1. The highest BCUT2D eigenvalue weighted by Crippen LogP contribution is 2.41. The van der Waals surface area contributed by atoms with Crippen LogP contribution in [-0.2, 0) is 16.0 Å². The summed E-state index contributed by atoms with van der Waals surface area (Å²) in [4.78, 5) is 12.0. The molecule has 3 rings (SSSR count). The molecule has 0 radical (unpaired) electrons. The summed E-state index contributed by atoms with van der Waals surface area (Å²) >= 11 is 0. The third kappa shape index (κ3) is 2.71. The minimum atomic E-state index is -0.342. The van der Waals surface area contributed by atoms with Crippen molar-refractivity contribution in [3.8, 4) is 0 Å². The van der Waals surface area contributed by atoms with Crippen molar-refractivity contribution in [3.63, 3.8) is 0 Å². The number of ether oxygens (including phenoxy) is 1. The van der Waals surface area contributed by atoms with Gasteiger partial charge in [-0.3, -0.25) is 0 Å². The average Bonchev–Trinajstić information content (AvgIpc) is 3.11. The standard InChI is InChI=1S/C19H20O3/c1-3-4-10-16-11-15(12-21-16)17-13(2)19(20)22-18(17)14-8-6-5-7-9-14/h5-9,11-12,18H,3-4,10H2,1-2H3/t18-/m1/s1. The lowest BCUT2D eigenvalue weighted by Gasteiger charge is -2.13. The molecule has 1 atom stereocenters. The lowest BCUT2D eigenvalue weighted by Crippen LogP contribution is -2.02. The Balaban J connectivity index is 1.95. The molecule has 3 heteroatoms. The van der Waals surface area contributed by atoms with Crippen molar-refractivity contribution in [2.24, 2.45) is 0 Å². The molecule has 2 aromatic rings. The summed E-state index contributed by atoms with van der Waals surface area (Å²) < 4.78 is 11.2. The smallest absolute Gasteiger partial charge is 0.335 e. The van der Waals surface area contributed by atoms with Crippen molar-refractivity contribution in [2.45, 2.75) is 39.2 Å². The van der Waals surface area contributed by atoms with E-state index in [0.717, 1.165) is 41.7 Å². The molecule has 2 heterocycles. The molecule has 114 valence electrons. The Hall–Kier alpha value is -2.29. The highest BCUT2D eigenvalue weighted by atomic mass is 16.5. The molecule has 0 N–H and O–H groups in total. The zero-order valence-corrected chi connectivity index (χ0v) is 13.0. The highest BCUT2D eigenvalue weighted by Gasteiger charge is 2.34. The van der Waals surface area contributed by atoms with E-state index in [2.05, 4.69) is 6.92 Å². The summed E-state index contributed by atoms with van der Waals surface area (Å²) in [6.07, 6.45) is 4.55. The fourth-order valence-corrected chi connectivity index (χ4v) is 2.80. The second-order valence-corrected chi connectivity index (χ2v) is 5.64. The molecular formula is C19H20O3. The predicted octanol–water partition coefficient (Wildman–Crippen LogP) is 4.69. The van der Waals surface area contributed by atoms with Crippen LogP contribution in [0.5, 0.6) is 0 Å². The van der Waals surface area contributed by atoms with Crippen LogP contribution >= 0.6 is 0 Å². The van der Waals surface area contributed by atoms with Crippen molar-refractivity contribution in [1.29, 1.82) is 0 Å². The number of hydrogen-bond donors (Lipinski definition) is 0. The maximum atomic E-state index is 12.0. The number of carbonyl (C=O) groups excluding carboxylic acids is 1. The molecule has 0 aliphatic carbocycles. The van der Waals surface area contributed by atoms with Crippen LogP contribution in [0.1, 0.15) is 49.7 Å². The van der Waals surface area contributed by atoms with Gasteiger partial charge in [-0.15, -0.1) is 0 Å². The van der Waals surface area contributed by atoms with Crippen LogP contribution in [0, 0.1) is 0 Å². The van der Waals surface area contributed by atoms with Gasteiger partial charge in [0.1, 0.15) is 5.76 Å². The van der Waals surface area contributed by atoms with Crippen LogP contribution in [0.25, 0.3) is 5.57 Å². The monoisotopic (exact) mass is 296 g/mol. The van der Waals surface area contributed by atoms with Crippen molar-refractivity contribution >= 4 is 11.5 Å². The normalized spacial score (nSPS) is 17.9. The van der Waals surface area contributed by atoms with E-state index < -0.39 is 0 Å². The molecular weight excluding hydrogens is 276 g/mol. The number of furan rings is 1. The van der Waals surface area contributed by atoms with Crippen molar-refractivity contribution in [2.75, 3.05) is 0 Å². The first-order valence-corrected chi connectivity index (χ1v) is 7.75. The molecule has 22 heavy (non-hydrogen) atoms. The number of carbonyl (C=O) groups is 1. The summed E-state index contributed by atoms with van der Waals surface area (Å²) in [5.74, 6) is 0.712. The first-order chi connectivity index (χ1) is 10.7. The third-order valence-corrected chi connectivity index (χ3v) is 4.04. The van der Waals surface area contributed by atoms with Crippen LogP contribution < -0.4 is 0 Å². The molecule has 0 saturated carbocycles. The Morgan fingerprint density at radius 3 is 2.68 bits per heavy atom. The number of rotatable bonds is 5. The molecule has 1 aromatic heterocycles. The summed E-state index contributed by atoms with van der Waals surface area (Å²) in [7, 11) is 0. The molecule has 0 amide bonds. The number of hydrogen-bond acceptors (Lipinski definition) is 3. The van der Waals surface area contributed by atoms with Gasteiger partial charge < -0.3 is 9.15 Å². The average molecular weight is 296 g/mol. The molecule has 1 aliphatic heterocycles. The Labute approximate surface area is 130 Å². The van der Waals surface area contributed by atoms with E-state index in [1.54, 1.807) is 6.26 Å². The second kappa shape index (κ2) is 6.22. The van der Waals surface area contributed by atoms with Gasteiger partial charge in [-0.2, -0.15) is 0 Å². The molecule has 0 saturated heterocycles. The Morgan fingerprint density at radius 1 is 1.18 bits per heavy atom. The Kier molecular flexibility index (Phi) is 4.14. The van der Waals surface area contributed by atoms with Gasteiger partial charge in [-0.1, -0.05) is 43.7 Å². The van der Waals surface area contributed by atoms with Gasteiger partial charge in [0.25, 0.3) is 0 Å². The fraction of sp³-hybridized carbons (Fsp3) is 0.316. The molecule has 0 unspecified atom stereocenters. The van der Waals surface area contributed by atoms with Crippen molar-refractivity contribution in [3.05, 3.63) is 65.1 Å². The van der Waals surface area contributed by atoms with E-state index in [1.807, 2.05) is 43.3 Å². The molecule has 0 bridgehead atoms. The van der Waals surface area contributed by atoms with E-state index in [1.165, 1.54) is 0 Å². The first kappa shape index (κ1) is 14.6. The minimum absolute atomic E-state index is 0.250. The van der Waals surface area contributed by atoms with Crippen molar-refractivity contribution < 1.29 is 13.9 Å². The minimum Gasteiger partial charge on any atom is -0.469 e. The van der Waals surface area contributed by atoms with Crippen LogP contribution in [0.2, 0.25) is 0 Å². The van der Waals surface area contributed by atoms with Crippen molar-refractivity contribution in [1.82, 2.24) is 0 Å². The lowest BCUT2D eigenvalue weighted by molar-refractivity contribution is -0.139. The van der Waals surface area contributed by atoms with Gasteiger partial charge >= 0.3 is 5.97 Å². The summed E-state index contributed by atoms with van der Waals surface area (Å²) in [5.41, 5.74) is 3.52. The summed E-state index contributed by atoms with van der Waals surface area (Å²) in [5, 5.41) is 0. The van der Waals surface area contributed by atoms with Crippen LogP contribution in [0.15, 0.2) is 52.7 Å². The van der Waals surface area contributed by atoms with Gasteiger partial charge in [-0.05, 0) is 25.0 Å². The maximum Gasteiger partial charge on any atom is 0.335 e. The summed E-state index contributed by atoms with van der Waals surface area (Å²) in [6, 6.07) is 11.9. The molecule has 1 aromatic carbocycles. The maximum absolute atomic E-state index is 12.0. The zero-order valence-electron chi connectivity index (χ0n) is 13.0. The van der Waals surface area contributed by atoms with Crippen LogP contribution in [-0.4, -0.2) is 5.97 Å². The largest absolute Gasteiger partial charge is 0.469 e. The number of aryl methyl sites for hydroxylation is 1. The number of benzene rings is 1.